The number of carbonyl (C=O) groups is 2. The monoisotopic (exact) mass is 357 g/mol. The van der Waals surface area contributed by atoms with Crippen LogP contribution in [0.1, 0.15) is 24.8 Å². The standard InChI is InChI=1S/C19H20FN3O3/c20-12-3-1-4-13-16(12)11(8-21-13)7-14-18(25)23-10-19(5-2-6-19)26-9-15(23)17(24)22-14/h1,3-4,8,14-15,21H,2,5-7,9-10H2,(H,22,24). The third-order valence-electron chi connectivity index (χ3n) is 6.01. The third kappa shape index (κ3) is 2.26. The van der Waals surface area contributed by atoms with Crippen LogP contribution in [-0.4, -0.2) is 52.5 Å². The van der Waals surface area contributed by atoms with Crippen LogP contribution in [0.2, 0.25) is 0 Å². The molecule has 1 spiro atoms. The zero-order chi connectivity index (χ0) is 17.9. The number of hydrogen-bond donors (Lipinski definition) is 2. The van der Waals surface area contributed by atoms with Crippen LogP contribution < -0.4 is 5.32 Å². The van der Waals surface area contributed by atoms with Gasteiger partial charge < -0.3 is 19.9 Å². The van der Waals surface area contributed by atoms with Crippen LogP contribution in [0.25, 0.3) is 10.9 Å². The van der Waals surface area contributed by atoms with Gasteiger partial charge in [-0.25, -0.2) is 4.39 Å². The number of H-pyrrole nitrogens is 1. The molecule has 3 aliphatic rings. The number of nitrogens with zero attached hydrogens (tertiary/aromatic N) is 1. The van der Waals surface area contributed by atoms with Crippen LogP contribution in [0, 0.1) is 5.82 Å². The van der Waals surface area contributed by atoms with E-state index in [9.17, 15) is 14.0 Å². The lowest BCUT2D eigenvalue weighted by molar-refractivity contribution is -0.192. The zero-order valence-electron chi connectivity index (χ0n) is 14.3. The number of aromatic amines is 1. The zero-order valence-corrected chi connectivity index (χ0v) is 14.3. The Balaban J connectivity index is 1.42. The molecule has 136 valence electrons. The minimum absolute atomic E-state index is 0.102. The van der Waals surface area contributed by atoms with Gasteiger partial charge in [0.15, 0.2) is 0 Å². The number of carbonyl (C=O) groups excluding carboxylic acids is 2. The van der Waals surface area contributed by atoms with Gasteiger partial charge in [0.25, 0.3) is 0 Å². The molecule has 1 aromatic carbocycles. The van der Waals surface area contributed by atoms with Crippen LogP contribution in [-0.2, 0) is 20.7 Å². The first-order valence-electron chi connectivity index (χ1n) is 9.06. The van der Waals surface area contributed by atoms with Gasteiger partial charge in [0.1, 0.15) is 17.9 Å². The van der Waals surface area contributed by atoms with Crippen molar-refractivity contribution < 1.29 is 18.7 Å². The highest BCUT2D eigenvalue weighted by Gasteiger charge is 2.51. The molecule has 26 heavy (non-hydrogen) atoms. The Bertz CT molecular complexity index is 905. The first kappa shape index (κ1) is 15.8. The molecule has 1 saturated carbocycles. The predicted molar refractivity (Wildman–Crippen MR) is 91.9 cm³/mol. The van der Waals surface area contributed by atoms with E-state index >= 15 is 0 Å². The van der Waals surface area contributed by atoms with E-state index in [1.807, 2.05) is 0 Å². The van der Waals surface area contributed by atoms with Crippen LogP contribution in [0.15, 0.2) is 24.4 Å². The molecule has 3 fully saturated rings. The van der Waals surface area contributed by atoms with Crippen molar-refractivity contribution in [2.24, 2.45) is 0 Å². The summed E-state index contributed by atoms with van der Waals surface area (Å²) in [6.07, 6.45) is 4.94. The van der Waals surface area contributed by atoms with Gasteiger partial charge in [-0.3, -0.25) is 9.59 Å². The van der Waals surface area contributed by atoms with E-state index < -0.39 is 12.1 Å². The predicted octanol–water partition coefficient (Wildman–Crippen LogP) is 1.50. The number of amides is 2. The quantitative estimate of drug-likeness (QED) is 0.855. The van der Waals surface area contributed by atoms with Crippen molar-refractivity contribution in [2.45, 2.75) is 43.4 Å². The van der Waals surface area contributed by atoms with E-state index in [4.69, 9.17) is 4.74 Å². The van der Waals surface area contributed by atoms with Crippen molar-refractivity contribution in [3.05, 3.63) is 35.8 Å². The molecule has 2 aliphatic heterocycles. The van der Waals surface area contributed by atoms with Gasteiger partial charge >= 0.3 is 0 Å². The Labute approximate surface area is 149 Å². The van der Waals surface area contributed by atoms with Crippen molar-refractivity contribution in [1.82, 2.24) is 15.2 Å². The summed E-state index contributed by atoms with van der Waals surface area (Å²) in [5.41, 5.74) is 1.12. The number of aromatic nitrogens is 1. The summed E-state index contributed by atoms with van der Waals surface area (Å²) in [6.45, 7) is 0.731. The maximum absolute atomic E-state index is 14.2. The fraction of sp³-hybridized carbons (Fsp3) is 0.474. The lowest BCUT2D eigenvalue weighted by Gasteiger charge is -2.53. The van der Waals surface area contributed by atoms with E-state index in [2.05, 4.69) is 10.3 Å². The molecule has 2 saturated heterocycles. The Morgan fingerprint density at radius 3 is 2.92 bits per heavy atom. The Kier molecular flexibility index (Phi) is 3.37. The van der Waals surface area contributed by atoms with Gasteiger partial charge in [0, 0.05) is 23.5 Å². The minimum Gasteiger partial charge on any atom is -0.370 e. The van der Waals surface area contributed by atoms with Crippen molar-refractivity contribution in [1.29, 1.82) is 0 Å². The lowest BCUT2D eigenvalue weighted by atomic mass is 9.78. The van der Waals surface area contributed by atoms with E-state index in [0.717, 1.165) is 19.3 Å². The fourth-order valence-corrected chi connectivity index (χ4v) is 4.39. The molecule has 1 aliphatic carbocycles. The summed E-state index contributed by atoms with van der Waals surface area (Å²) >= 11 is 0. The molecule has 7 heteroatoms. The molecule has 0 bridgehead atoms. The number of morpholine rings is 1. The number of piperazine rings is 1. The minimum atomic E-state index is -0.674. The number of rotatable bonds is 2. The summed E-state index contributed by atoms with van der Waals surface area (Å²) in [6, 6.07) is 3.61. The maximum atomic E-state index is 14.2. The lowest BCUT2D eigenvalue weighted by Crippen LogP contribution is -2.71. The summed E-state index contributed by atoms with van der Waals surface area (Å²) in [5, 5.41) is 3.29. The van der Waals surface area contributed by atoms with E-state index in [-0.39, 0.29) is 36.3 Å². The largest absolute Gasteiger partial charge is 0.370 e. The Hall–Kier alpha value is -2.41. The maximum Gasteiger partial charge on any atom is 0.246 e. The van der Waals surface area contributed by atoms with Gasteiger partial charge in [0.05, 0.1) is 18.8 Å². The molecule has 2 amide bonds. The first-order valence-corrected chi connectivity index (χ1v) is 9.06. The van der Waals surface area contributed by atoms with Crippen LogP contribution in [0.5, 0.6) is 0 Å². The summed E-state index contributed by atoms with van der Waals surface area (Å²) < 4.78 is 20.1. The number of nitrogens with one attached hydrogen (secondary N) is 2. The summed E-state index contributed by atoms with van der Waals surface area (Å²) in [4.78, 5) is 30.2. The number of fused-ring (bicyclic) bond motifs is 2. The van der Waals surface area contributed by atoms with E-state index in [1.165, 1.54) is 6.07 Å². The highest BCUT2D eigenvalue weighted by atomic mass is 19.1. The van der Waals surface area contributed by atoms with Gasteiger partial charge in [-0.2, -0.15) is 0 Å². The van der Waals surface area contributed by atoms with Crippen molar-refractivity contribution >= 4 is 22.7 Å². The average Bonchev–Trinajstić information content (AvgIpc) is 3.02. The molecule has 2 aromatic rings. The van der Waals surface area contributed by atoms with Crippen LogP contribution in [0.4, 0.5) is 4.39 Å². The highest BCUT2D eigenvalue weighted by Crippen LogP contribution is 2.40. The smallest absolute Gasteiger partial charge is 0.246 e. The highest BCUT2D eigenvalue weighted by molar-refractivity contribution is 5.98. The van der Waals surface area contributed by atoms with Crippen molar-refractivity contribution in [3.8, 4) is 0 Å². The van der Waals surface area contributed by atoms with Crippen LogP contribution in [0.3, 0.4) is 0 Å². The fourth-order valence-electron chi connectivity index (χ4n) is 4.39. The van der Waals surface area contributed by atoms with E-state index in [1.54, 1.807) is 23.2 Å². The van der Waals surface area contributed by atoms with E-state index in [0.29, 0.717) is 23.0 Å². The molecule has 5 rings (SSSR count). The summed E-state index contributed by atoms with van der Waals surface area (Å²) in [5.74, 6) is -0.620. The van der Waals surface area contributed by atoms with Gasteiger partial charge in [-0.15, -0.1) is 0 Å². The molecule has 2 atom stereocenters. The van der Waals surface area contributed by atoms with Crippen LogP contribution >= 0.6 is 0 Å². The number of benzene rings is 1. The van der Waals surface area contributed by atoms with Crippen molar-refractivity contribution in [3.63, 3.8) is 0 Å². The molecule has 2 unspecified atom stereocenters. The average molecular weight is 357 g/mol. The molecule has 2 N–H and O–H groups in total. The first-order chi connectivity index (χ1) is 12.6. The topological polar surface area (TPSA) is 74.4 Å². The Morgan fingerprint density at radius 2 is 2.15 bits per heavy atom. The van der Waals surface area contributed by atoms with Gasteiger partial charge in [-0.05, 0) is 37.0 Å². The number of halogens is 1. The molecule has 1 aromatic heterocycles. The van der Waals surface area contributed by atoms with Gasteiger partial charge in [0.2, 0.25) is 11.8 Å². The molecule has 3 heterocycles. The Morgan fingerprint density at radius 1 is 1.31 bits per heavy atom. The number of ether oxygens (including phenoxy) is 1. The summed E-state index contributed by atoms with van der Waals surface area (Å²) in [7, 11) is 0. The molecule has 6 nitrogen and oxygen atoms in total. The molecular weight excluding hydrogens is 337 g/mol. The third-order valence-corrected chi connectivity index (χ3v) is 6.01. The molecular formula is C19H20FN3O3. The second-order valence-electron chi connectivity index (χ2n) is 7.57. The second-order valence-corrected chi connectivity index (χ2v) is 7.57. The molecule has 0 radical (unpaired) electrons. The van der Waals surface area contributed by atoms with Gasteiger partial charge in [-0.1, -0.05) is 6.07 Å². The SMILES string of the molecule is O=C1NC(Cc2c[nH]c3cccc(F)c23)C(=O)N2CC3(CCC3)OCC12. The second kappa shape index (κ2) is 5.54. The normalized spacial score (nSPS) is 27.3. The number of hydrogen-bond acceptors (Lipinski definition) is 3. The van der Waals surface area contributed by atoms with Crippen molar-refractivity contribution in [2.75, 3.05) is 13.2 Å².